The smallest absolute Gasteiger partial charge is 0.154 e. The molecular weight excluding hydrogens is 176 g/mol. The summed E-state index contributed by atoms with van der Waals surface area (Å²) in [6.45, 7) is 2.80. The lowest BCUT2D eigenvalue weighted by Crippen LogP contribution is -2.12. The molecule has 0 radical (unpaired) electrons. The van der Waals surface area contributed by atoms with Crippen LogP contribution in [-0.2, 0) is 9.47 Å². The van der Waals surface area contributed by atoms with E-state index in [-0.39, 0.29) is 6.29 Å². The van der Waals surface area contributed by atoms with E-state index in [0.29, 0.717) is 0 Å². The summed E-state index contributed by atoms with van der Waals surface area (Å²) in [4.78, 5) is 0. The Morgan fingerprint density at radius 2 is 1.93 bits per heavy atom. The van der Waals surface area contributed by atoms with Crippen molar-refractivity contribution in [3.8, 4) is 0 Å². The second kappa shape index (κ2) is 7.24. The Labute approximate surface area is 88.0 Å². The van der Waals surface area contributed by atoms with Crippen molar-refractivity contribution in [1.29, 1.82) is 0 Å². The molecule has 0 heterocycles. The first kappa shape index (κ1) is 12.0. The van der Waals surface area contributed by atoms with Gasteiger partial charge in [-0.25, -0.2) is 0 Å². The molecule has 1 atom stereocenters. The fourth-order valence-corrected chi connectivity index (χ4v) is 2.17. The Balaban J connectivity index is 1.92. The van der Waals surface area contributed by atoms with E-state index in [1.165, 1.54) is 44.9 Å². The molecule has 1 unspecified atom stereocenters. The highest BCUT2D eigenvalue weighted by atomic mass is 16.7. The van der Waals surface area contributed by atoms with Crippen molar-refractivity contribution >= 4 is 0 Å². The van der Waals surface area contributed by atoms with Crippen LogP contribution >= 0.6 is 0 Å². The van der Waals surface area contributed by atoms with Crippen LogP contribution in [0, 0.1) is 5.92 Å². The van der Waals surface area contributed by atoms with Crippen molar-refractivity contribution < 1.29 is 9.47 Å². The number of rotatable bonds is 6. The number of hydrogen-bond donors (Lipinski definition) is 0. The molecular formula is C12H24O2. The third-order valence-electron chi connectivity index (χ3n) is 3.17. The standard InChI is InChI=1S/C12H24O2/c1-11(13-2)14-10-6-9-12-7-4-3-5-8-12/h11-12H,3-10H2,1-2H3. The summed E-state index contributed by atoms with van der Waals surface area (Å²) in [5, 5.41) is 0. The first-order valence-corrected chi connectivity index (χ1v) is 5.97. The lowest BCUT2D eigenvalue weighted by molar-refractivity contribution is -0.112. The normalized spacial score (nSPS) is 21.0. The molecule has 1 aliphatic carbocycles. The molecule has 0 spiro atoms. The van der Waals surface area contributed by atoms with Crippen LogP contribution in [0.3, 0.4) is 0 Å². The molecule has 0 saturated heterocycles. The number of methoxy groups -OCH3 is 1. The molecule has 14 heavy (non-hydrogen) atoms. The van der Waals surface area contributed by atoms with Gasteiger partial charge in [-0.15, -0.1) is 0 Å². The van der Waals surface area contributed by atoms with Gasteiger partial charge in [-0.1, -0.05) is 32.1 Å². The van der Waals surface area contributed by atoms with Gasteiger partial charge in [-0.05, 0) is 25.7 Å². The predicted octanol–water partition coefficient (Wildman–Crippen LogP) is 3.36. The first-order chi connectivity index (χ1) is 6.83. The van der Waals surface area contributed by atoms with Crippen molar-refractivity contribution in [3.05, 3.63) is 0 Å². The second-order valence-corrected chi connectivity index (χ2v) is 4.32. The van der Waals surface area contributed by atoms with E-state index >= 15 is 0 Å². The highest BCUT2D eigenvalue weighted by Gasteiger charge is 2.12. The molecule has 1 rings (SSSR count). The van der Waals surface area contributed by atoms with E-state index < -0.39 is 0 Å². The van der Waals surface area contributed by atoms with Gasteiger partial charge in [0, 0.05) is 13.7 Å². The maximum absolute atomic E-state index is 5.46. The zero-order chi connectivity index (χ0) is 10.2. The molecule has 84 valence electrons. The first-order valence-electron chi connectivity index (χ1n) is 5.97. The maximum atomic E-state index is 5.46. The molecule has 1 fully saturated rings. The van der Waals surface area contributed by atoms with Crippen molar-refractivity contribution in [2.45, 2.75) is 58.2 Å². The van der Waals surface area contributed by atoms with Crippen molar-refractivity contribution in [2.75, 3.05) is 13.7 Å². The van der Waals surface area contributed by atoms with Gasteiger partial charge in [0.2, 0.25) is 0 Å². The molecule has 0 aliphatic heterocycles. The quantitative estimate of drug-likeness (QED) is 0.483. The van der Waals surface area contributed by atoms with E-state index in [1.807, 2.05) is 6.92 Å². The van der Waals surface area contributed by atoms with Gasteiger partial charge in [0.25, 0.3) is 0 Å². The Bertz CT molecular complexity index is 130. The fourth-order valence-electron chi connectivity index (χ4n) is 2.17. The van der Waals surface area contributed by atoms with E-state index in [0.717, 1.165) is 12.5 Å². The van der Waals surface area contributed by atoms with Crippen LogP contribution in [0.5, 0.6) is 0 Å². The van der Waals surface area contributed by atoms with Gasteiger partial charge in [0.05, 0.1) is 0 Å². The summed E-state index contributed by atoms with van der Waals surface area (Å²) in [6.07, 6.45) is 9.73. The minimum atomic E-state index is -0.0404. The van der Waals surface area contributed by atoms with E-state index in [9.17, 15) is 0 Å². The van der Waals surface area contributed by atoms with Crippen LogP contribution in [0.4, 0.5) is 0 Å². The number of hydrogen-bond acceptors (Lipinski definition) is 2. The van der Waals surface area contributed by atoms with E-state index in [2.05, 4.69) is 0 Å². The van der Waals surface area contributed by atoms with Gasteiger partial charge in [-0.3, -0.25) is 0 Å². The molecule has 2 heteroatoms. The van der Waals surface area contributed by atoms with Crippen molar-refractivity contribution in [1.82, 2.24) is 0 Å². The van der Waals surface area contributed by atoms with Crippen LogP contribution in [0.25, 0.3) is 0 Å². The summed E-state index contributed by atoms with van der Waals surface area (Å²) >= 11 is 0. The summed E-state index contributed by atoms with van der Waals surface area (Å²) in [5.74, 6) is 0.977. The van der Waals surface area contributed by atoms with Crippen LogP contribution < -0.4 is 0 Å². The summed E-state index contributed by atoms with van der Waals surface area (Å²) in [7, 11) is 1.69. The molecule has 0 aromatic carbocycles. The molecule has 1 aliphatic rings. The van der Waals surface area contributed by atoms with Crippen LogP contribution in [0.2, 0.25) is 0 Å². The van der Waals surface area contributed by atoms with Crippen LogP contribution in [0.1, 0.15) is 51.9 Å². The molecule has 0 aromatic heterocycles. The van der Waals surface area contributed by atoms with Crippen LogP contribution in [0.15, 0.2) is 0 Å². The lowest BCUT2D eigenvalue weighted by Gasteiger charge is -2.21. The molecule has 0 aromatic rings. The Kier molecular flexibility index (Phi) is 6.20. The average molecular weight is 200 g/mol. The minimum absolute atomic E-state index is 0.0404. The predicted molar refractivity (Wildman–Crippen MR) is 58.2 cm³/mol. The van der Waals surface area contributed by atoms with Gasteiger partial charge in [0.15, 0.2) is 6.29 Å². The number of ether oxygens (including phenoxy) is 2. The summed E-state index contributed by atoms with van der Waals surface area (Å²) in [5.41, 5.74) is 0. The Morgan fingerprint density at radius 3 is 2.57 bits per heavy atom. The Morgan fingerprint density at radius 1 is 1.21 bits per heavy atom. The highest BCUT2D eigenvalue weighted by molar-refractivity contribution is 4.65. The zero-order valence-corrected chi connectivity index (χ0v) is 9.63. The van der Waals surface area contributed by atoms with Gasteiger partial charge < -0.3 is 9.47 Å². The second-order valence-electron chi connectivity index (χ2n) is 4.32. The van der Waals surface area contributed by atoms with Gasteiger partial charge in [0.1, 0.15) is 0 Å². The summed E-state index contributed by atoms with van der Waals surface area (Å²) in [6, 6.07) is 0. The highest BCUT2D eigenvalue weighted by Crippen LogP contribution is 2.27. The molecule has 0 amide bonds. The SMILES string of the molecule is COC(C)OCCCC1CCCCC1. The van der Waals surface area contributed by atoms with Crippen molar-refractivity contribution in [3.63, 3.8) is 0 Å². The molecule has 1 saturated carbocycles. The molecule has 0 N–H and O–H groups in total. The topological polar surface area (TPSA) is 18.5 Å². The molecule has 2 nitrogen and oxygen atoms in total. The average Bonchev–Trinajstić information content (AvgIpc) is 2.25. The van der Waals surface area contributed by atoms with Gasteiger partial charge >= 0.3 is 0 Å². The van der Waals surface area contributed by atoms with Crippen LogP contribution in [-0.4, -0.2) is 20.0 Å². The maximum Gasteiger partial charge on any atom is 0.154 e. The Hall–Kier alpha value is -0.0800. The third-order valence-corrected chi connectivity index (χ3v) is 3.17. The lowest BCUT2D eigenvalue weighted by atomic mass is 9.86. The van der Waals surface area contributed by atoms with E-state index in [4.69, 9.17) is 9.47 Å². The zero-order valence-electron chi connectivity index (χ0n) is 9.63. The molecule has 0 bridgehead atoms. The van der Waals surface area contributed by atoms with Crippen molar-refractivity contribution in [2.24, 2.45) is 5.92 Å². The third kappa shape index (κ3) is 4.97. The van der Waals surface area contributed by atoms with Gasteiger partial charge in [-0.2, -0.15) is 0 Å². The van der Waals surface area contributed by atoms with E-state index in [1.54, 1.807) is 7.11 Å². The largest absolute Gasteiger partial charge is 0.356 e. The fraction of sp³-hybridized carbons (Fsp3) is 1.00. The minimum Gasteiger partial charge on any atom is -0.356 e. The summed E-state index contributed by atoms with van der Waals surface area (Å²) < 4.78 is 10.5. The monoisotopic (exact) mass is 200 g/mol.